The van der Waals surface area contributed by atoms with Crippen molar-refractivity contribution in [3.05, 3.63) is 18.5 Å². The summed E-state index contributed by atoms with van der Waals surface area (Å²) in [4.78, 5) is 5.06. The Kier molecular flexibility index (Phi) is 2.34. The second kappa shape index (κ2) is 3.97. The van der Waals surface area contributed by atoms with Crippen LogP contribution in [0.15, 0.2) is 22.9 Å². The molecule has 1 aliphatic rings. The van der Waals surface area contributed by atoms with E-state index in [0.717, 1.165) is 31.7 Å². The summed E-state index contributed by atoms with van der Waals surface area (Å²) in [6.45, 7) is 3.74. The molecule has 3 rings (SSSR count). The van der Waals surface area contributed by atoms with E-state index >= 15 is 0 Å². The maximum Gasteiger partial charge on any atom is 0.318 e. The van der Waals surface area contributed by atoms with E-state index < -0.39 is 0 Å². The minimum absolute atomic E-state index is 0.565. The average molecular weight is 219 g/mol. The van der Waals surface area contributed by atoms with Gasteiger partial charge in [0.15, 0.2) is 0 Å². The highest BCUT2D eigenvalue weighted by atomic mass is 16.4. The molecule has 16 heavy (non-hydrogen) atoms. The van der Waals surface area contributed by atoms with Gasteiger partial charge in [0.05, 0.1) is 5.56 Å². The van der Waals surface area contributed by atoms with E-state index in [1.165, 1.54) is 0 Å². The van der Waals surface area contributed by atoms with Crippen LogP contribution in [0, 0.1) is 0 Å². The summed E-state index contributed by atoms with van der Waals surface area (Å²) in [5.41, 5.74) is 0.925. The fourth-order valence-corrected chi connectivity index (χ4v) is 1.77. The first-order chi connectivity index (χ1) is 7.93. The maximum atomic E-state index is 5.62. The van der Waals surface area contributed by atoms with E-state index in [4.69, 9.17) is 4.42 Å². The van der Waals surface area contributed by atoms with Crippen molar-refractivity contribution in [1.29, 1.82) is 0 Å². The van der Waals surface area contributed by atoms with Gasteiger partial charge in [0.2, 0.25) is 0 Å². The van der Waals surface area contributed by atoms with Gasteiger partial charge >= 0.3 is 6.01 Å². The number of rotatable bonds is 2. The van der Waals surface area contributed by atoms with Crippen molar-refractivity contribution in [3.63, 3.8) is 0 Å². The first-order valence-electron chi connectivity index (χ1n) is 5.36. The monoisotopic (exact) mass is 219 g/mol. The summed E-state index contributed by atoms with van der Waals surface area (Å²) in [5.74, 6) is 0.565. The zero-order chi connectivity index (χ0) is 10.8. The van der Waals surface area contributed by atoms with E-state index in [2.05, 4.69) is 25.4 Å². The molecule has 0 bridgehead atoms. The van der Waals surface area contributed by atoms with Gasteiger partial charge in [-0.25, -0.2) is 0 Å². The van der Waals surface area contributed by atoms with Crippen molar-refractivity contribution < 1.29 is 4.42 Å². The molecule has 2 N–H and O–H groups in total. The van der Waals surface area contributed by atoms with Gasteiger partial charge in [0.1, 0.15) is 0 Å². The number of piperazine rings is 1. The van der Waals surface area contributed by atoms with Crippen LogP contribution in [0.1, 0.15) is 0 Å². The van der Waals surface area contributed by atoms with Crippen molar-refractivity contribution in [3.8, 4) is 11.5 Å². The Morgan fingerprint density at radius 1 is 1.25 bits per heavy atom. The molecule has 2 aromatic rings. The summed E-state index contributed by atoms with van der Waals surface area (Å²) in [6, 6.07) is 2.52. The van der Waals surface area contributed by atoms with E-state index in [0.29, 0.717) is 11.9 Å². The van der Waals surface area contributed by atoms with Crippen molar-refractivity contribution >= 4 is 6.01 Å². The van der Waals surface area contributed by atoms with E-state index in [-0.39, 0.29) is 0 Å². The molecule has 1 fully saturated rings. The summed E-state index contributed by atoms with van der Waals surface area (Å²) in [7, 11) is 0. The number of anilines is 1. The van der Waals surface area contributed by atoms with Crippen molar-refractivity contribution in [2.45, 2.75) is 0 Å². The fourth-order valence-electron chi connectivity index (χ4n) is 1.77. The average Bonchev–Trinajstić information content (AvgIpc) is 3.01. The highest BCUT2D eigenvalue weighted by Crippen LogP contribution is 2.21. The van der Waals surface area contributed by atoms with Gasteiger partial charge in [0.25, 0.3) is 5.89 Å². The van der Waals surface area contributed by atoms with Gasteiger partial charge in [-0.3, -0.25) is 0 Å². The molecular weight excluding hydrogens is 206 g/mol. The fraction of sp³-hybridized carbons (Fsp3) is 0.400. The van der Waals surface area contributed by atoms with Gasteiger partial charge in [-0.15, -0.1) is 5.10 Å². The molecule has 1 saturated heterocycles. The van der Waals surface area contributed by atoms with Gasteiger partial charge in [0, 0.05) is 38.6 Å². The molecule has 0 spiro atoms. The lowest BCUT2D eigenvalue weighted by atomic mass is 10.3. The molecule has 1 aliphatic heterocycles. The number of hydrogen-bond donors (Lipinski definition) is 2. The van der Waals surface area contributed by atoms with Gasteiger partial charge in [-0.2, -0.15) is 0 Å². The van der Waals surface area contributed by atoms with E-state index in [1.54, 1.807) is 0 Å². The van der Waals surface area contributed by atoms with Crippen molar-refractivity contribution in [2.75, 3.05) is 31.1 Å². The largest absolute Gasteiger partial charge is 0.403 e. The molecular formula is C10H13N5O. The third-order valence-electron chi connectivity index (χ3n) is 2.65. The minimum atomic E-state index is 0.565. The number of nitrogens with one attached hydrogen (secondary N) is 2. The number of aromatic nitrogens is 3. The molecule has 0 aliphatic carbocycles. The Morgan fingerprint density at radius 3 is 2.88 bits per heavy atom. The van der Waals surface area contributed by atoms with E-state index in [1.807, 2.05) is 18.5 Å². The first-order valence-corrected chi connectivity index (χ1v) is 5.36. The lowest BCUT2D eigenvalue weighted by Gasteiger charge is -2.24. The number of nitrogens with zero attached hydrogens (tertiary/aromatic N) is 3. The highest BCUT2D eigenvalue weighted by Gasteiger charge is 2.17. The van der Waals surface area contributed by atoms with Crippen LogP contribution in [0.5, 0.6) is 0 Å². The number of aromatic amines is 1. The lowest BCUT2D eigenvalue weighted by molar-refractivity contribution is 0.505. The first kappa shape index (κ1) is 9.41. The third-order valence-corrected chi connectivity index (χ3v) is 2.65. The molecule has 0 atom stereocenters. The Bertz CT molecular complexity index is 443. The molecule has 0 amide bonds. The Morgan fingerprint density at radius 2 is 2.12 bits per heavy atom. The third kappa shape index (κ3) is 1.67. The van der Waals surface area contributed by atoms with Crippen molar-refractivity contribution in [1.82, 2.24) is 20.5 Å². The Labute approximate surface area is 92.7 Å². The Balaban J connectivity index is 1.82. The highest BCUT2D eigenvalue weighted by molar-refractivity contribution is 5.51. The molecule has 0 aromatic carbocycles. The van der Waals surface area contributed by atoms with Crippen LogP contribution in [-0.4, -0.2) is 41.4 Å². The molecule has 84 valence electrons. The topological polar surface area (TPSA) is 70.0 Å². The minimum Gasteiger partial charge on any atom is -0.403 e. The van der Waals surface area contributed by atoms with Crippen LogP contribution >= 0.6 is 0 Å². The van der Waals surface area contributed by atoms with Crippen molar-refractivity contribution in [2.24, 2.45) is 0 Å². The SMILES string of the molecule is c1cc(-c2nnc(N3CCNCC3)o2)c[nH]1. The standard InChI is InChI=1S/C10H13N5O/c1-2-12-7-8(1)9-13-14-10(16-9)15-5-3-11-4-6-15/h1-2,7,11-12H,3-6H2. The summed E-state index contributed by atoms with van der Waals surface area (Å²) in [6.07, 6.45) is 3.68. The zero-order valence-electron chi connectivity index (χ0n) is 8.81. The molecule has 0 saturated carbocycles. The van der Waals surface area contributed by atoms with Crippen LogP contribution in [0.25, 0.3) is 11.5 Å². The summed E-state index contributed by atoms with van der Waals surface area (Å²) >= 11 is 0. The van der Waals surface area contributed by atoms with Crippen LogP contribution in [-0.2, 0) is 0 Å². The smallest absolute Gasteiger partial charge is 0.318 e. The molecule has 6 heteroatoms. The quantitative estimate of drug-likeness (QED) is 0.768. The molecule has 6 nitrogen and oxygen atoms in total. The van der Waals surface area contributed by atoms with Gasteiger partial charge in [-0.05, 0) is 6.07 Å². The second-order valence-corrected chi connectivity index (χ2v) is 3.73. The normalized spacial score (nSPS) is 16.6. The summed E-state index contributed by atoms with van der Waals surface area (Å²) < 4.78 is 5.62. The number of hydrogen-bond acceptors (Lipinski definition) is 5. The Hall–Kier alpha value is -1.82. The van der Waals surface area contributed by atoms with Crippen LogP contribution in [0.2, 0.25) is 0 Å². The van der Waals surface area contributed by atoms with Gasteiger partial charge in [-0.1, -0.05) is 5.10 Å². The van der Waals surface area contributed by atoms with Crippen LogP contribution < -0.4 is 10.2 Å². The number of H-pyrrole nitrogens is 1. The molecule has 2 aromatic heterocycles. The molecule has 0 radical (unpaired) electrons. The van der Waals surface area contributed by atoms with Crippen LogP contribution in [0.4, 0.5) is 6.01 Å². The van der Waals surface area contributed by atoms with Crippen LogP contribution in [0.3, 0.4) is 0 Å². The lowest BCUT2D eigenvalue weighted by Crippen LogP contribution is -2.43. The zero-order valence-corrected chi connectivity index (χ0v) is 8.81. The predicted molar refractivity (Wildman–Crippen MR) is 59.2 cm³/mol. The maximum absolute atomic E-state index is 5.62. The summed E-state index contributed by atoms with van der Waals surface area (Å²) in [5, 5.41) is 11.4. The molecule has 0 unspecified atom stereocenters. The molecule has 3 heterocycles. The van der Waals surface area contributed by atoms with E-state index in [9.17, 15) is 0 Å². The second-order valence-electron chi connectivity index (χ2n) is 3.73. The van der Waals surface area contributed by atoms with Gasteiger partial charge < -0.3 is 19.6 Å². The predicted octanol–water partition coefficient (Wildman–Crippen LogP) is 0.474.